The van der Waals surface area contributed by atoms with E-state index in [1.807, 2.05) is 0 Å². The summed E-state index contributed by atoms with van der Waals surface area (Å²) in [6.45, 7) is 3.20. The van der Waals surface area contributed by atoms with Crippen LogP contribution < -0.4 is 5.73 Å². The zero-order chi connectivity index (χ0) is 9.52. The Hall–Kier alpha value is 0.310. The summed E-state index contributed by atoms with van der Waals surface area (Å²) in [5, 5.41) is 0.949. The van der Waals surface area contributed by atoms with Crippen molar-refractivity contribution < 1.29 is 0 Å². The van der Waals surface area contributed by atoms with Gasteiger partial charge in [-0.05, 0) is 37.5 Å². The molecule has 0 aromatic heterocycles. The minimum absolute atomic E-state index is 0.858. The minimum atomic E-state index is 0.858. The number of nitrogens with two attached hydrogens (primary N) is 1. The average Bonchev–Trinajstić information content (AvgIpc) is 2.19. The van der Waals surface area contributed by atoms with Crippen molar-refractivity contribution in [2.24, 2.45) is 11.7 Å². The van der Waals surface area contributed by atoms with Gasteiger partial charge < -0.3 is 5.73 Å². The van der Waals surface area contributed by atoms with E-state index in [0.717, 1.165) is 17.7 Å². The van der Waals surface area contributed by atoms with Gasteiger partial charge >= 0.3 is 0 Å². The highest BCUT2D eigenvalue weighted by Crippen LogP contribution is 2.35. The van der Waals surface area contributed by atoms with Gasteiger partial charge in [0.15, 0.2) is 0 Å². The first-order chi connectivity index (χ1) is 6.38. The molecule has 2 unspecified atom stereocenters. The molecule has 1 aliphatic rings. The lowest BCUT2D eigenvalue weighted by Gasteiger charge is -2.30. The monoisotopic (exact) mass is 201 g/mol. The molecule has 0 aromatic carbocycles. The van der Waals surface area contributed by atoms with Crippen LogP contribution in [0.4, 0.5) is 0 Å². The first kappa shape index (κ1) is 11.4. The number of rotatable bonds is 5. The fourth-order valence-electron chi connectivity index (χ4n) is 2.18. The standard InChI is InChI=1S/C11H23NS/c1-2-10-6-3-4-7-11(10)13-9-5-8-12/h10-11H,2-9,12H2,1H3. The Morgan fingerprint density at radius 2 is 2.08 bits per heavy atom. The van der Waals surface area contributed by atoms with Crippen LogP contribution in [0.1, 0.15) is 45.4 Å². The van der Waals surface area contributed by atoms with Crippen LogP contribution in [0.15, 0.2) is 0 Å². The van der Waals surface area contributed by atoms with E-state index in [2.05, 4.69) is 18.7 Å². The highest BCUT2D eigenvalue weighted by Gasteiger charge is 2.23. The Balaban J connectivity index is 2.19. The predicted molar refractivity (Wildman–Crippen MR) is 62.2 cm³/mol. The zero-order valence-electron chi connectivity index (χ0n) is 8.80. The summed E-state index contributed by atoms with van der Waals surface area (Å²) < 4.78 is 0. The van der Waals surface area contributed by atoms with Crippen molar-refractivity contribution in [1.29, 1.82) is 0 Å². The summed E-state index contributed by atoms with van der Waals surface area (Å²) in [4.78, 5) is 0. The largest absolute Gasteiger partial charge is 0.330 e. The Morgan fingerprint density at radius 1 is 1.31 bits per heavy atom. The van der Waals surface area contributed by atoms with Gasteiger partial charge in [-0.15, -0.1) is 0 Å². The van der Waals surface area contributed by atoms with Gasteiger partial charge in [0.2, 0.25) is 0 Å². The summed E-state index contributed by atoms with van der Waals surface area (Å²) in [6, 6.07) is 0. The first-order valence-corrected chi connectivity index (χ1v) is 6.75. The van der Waals surface area contributed by atoms with E-state index >= 15 is 0 Å². The highest BCUT2D eigenvalue weighted by molar-refractivity contribution is 7.99. The molecule has 2 atom stereocenters. The van der Waals surface area contributed by atoms with Crippen LogP contribution in [-0.4, -0.2) is 17.5 Å². The fourth-order valence-corrected chi connectivity index (χ4v) is 3.75. The summed E-state index contributed by atoms with van der Waals surface area (Å²) in [5.74, 6) is 2.27. The third-order valence-corrected chi connectivity index (χ3v) is 4.62. The lowest BCUT2D eigenvalue weighted by molar-refractivity contribution is 0.361. The number of thioether (sulfide) groups is 1. The Kier molecular flexibility index (Phi) is 5.88. The smallest absolute Gasteiger partial charge is 0.00752 e. The van der Waals surface area contributed by atoms with Gasteiger partial charge in [0.25, 0.3) is 0 Å². The quantitative estimate of drug-likeness (QED) is 0.692. The van der Waals surface area contributed by atoms with Crippen molar-refractivity contribution in [3.8, 4) is 0 Å². The molecule has 2 N–H and O–H groups in total. The third-order valence-electron chi connectivity index (χ3n) is 3.04. The van der Waals surface area contributed by atoms with Crippen molar-refractivity contribution >= 4 is 11.8 Å². The molecule has 0 bridgehead atoms. The van der Waals surface area contributed by atoms with Crippen molar-refractivity contribution in [3.05, 3.63) is 0 Å². The zero-order valence-corrected chi connectivity index (χ0v) is 9.61. The molecule has 78 valence electrons. The lowest BCUT2D eigenvalue weighted by atomic mass is 9.87. The Bertz CT molecular complexity index is 127. The molecule has 0 saturated heterocycles. The average molecular weight is 201 g/mol. The van der Waals surface area contributed by atoms with Crippen molar-refractivity contribution in [2.45, 2.75) is 50.7 Å². The first-order valence-electron chi connectivity index (χ1n) is 5.70. The van der Waals surface area contributed by atoms with E-state index in [0.29, 0.717) is 0 Å². The summed E-state index contributed by atoms with van der Waals surface area (Å²) in [7, 11) is 0. The van der Waals surface area contributed by atoms with Crippen LogP contribution in [-0.2, 0) is 0 Å². The molecule has 0 spiro atoms. The second-order valence-corrected chi connectivity index (χ2v) is 5.35. The van der Waals surface area contributed by atoms with Gasteiger partial charge in [-0.1, -0.05) is 26.2 Å². The summed E-state index contributed by atoms with van der Waals surface area (Å²) in [5.41, 5.74) is 5.50. The van der Waals surface area contributed by atoms with Gasteiger partial charge in [0.1, 0.15) is 0 Å². The molecule has 1 saturated carbocycles. The van der Waals surface area contributed by atoms with Crippen LogP contribution in [0.3, 0.4) is 0 Å². The molecule has 0 aliphatic heterocycles. The second-order valence-electron chi connectivity index (χ2n) is 4.00. The van der Waals surface area contributed by atoms with Crippen molar-refractivity contribution in [1.82, 2.24) is 0 Å². The third kappa shape index (κ3) is 3.90. The number of hydrogen-bond acceptors (Lipinski definition) is 2. The maximum Gasteiger partial charge on any atom is 0.00752 e. The molecule has 1 nitrogen and oxygen atoms in total. The minimum Gasteiger partial charge on any atom is -0.330 e. The maximum absolute atomic E-state index is 5.50. The number of hydrogen-bond donors (Lipinski definition) is 1. The van der Waals surface area contributed by atoms with Crippen LogP contribution in [0.25, 0.3) is 0 Å². The van der Waals surface area contributed by atoms with Crippen molar-refractivity contribution in [2.75, 3.05) is 12.3 Å². The maximum atomic E-state index is 5.50. The Labute approximate surface area is 86.8 Å². The van der Waals surface area contributed by atoms with Crippen molar-refractivity contribution in [3.63, 3.8) is 0 Å². The fraction of sp³-hybridized carbons (Fsp3) is 1.00. The van der Waals surface area contributed by atoms with Gasteiger partial charge in [0, 0.05) is 5.25 Å². The van der Waals surface area contributed by atoms with E-state index < -0.39 is 0 Å². The highest BCUT2D eigenvalue weighted by atomic mass is 32.2. The predicted octanol–water partition coefficient (Wildman–Crippen LogP) is 3.04. The van der Waals surface area contributed by atoms with E-state index in [1.165, 1.54) is 44.3 Å². The molecule has 1 rings (SSSR count). The Morgan fingerprint density at radius 3 is 2.77 bits per heavy atom. The van der Waals surface area contributed by atoms with E-state index in [9.17, 15) is 0 Å². The molecule has 0 heterocycles. The van der Waals surface area contributed by atoms with Crippen LogP contribution in [0, 0.1) is 5.92 Å². The van der Waals surface area contributed by atoms with E-state index in [4.69, 9.17) is 5.73 Å². The topological polar surface area (TPSA) is 26.0 Å². The summed E-state index contributed by atoms with van der Waals surface area (Å²) in [6.07, 6.45) is 8.41. The molecular formula is C11H23NS. The molecule has 1 fully saturated rings. The molecule has 0 radical (unpaired) electrons. The molecule has 13 heavy (non-hydrogen) atoms. The van der Waals surface area contributed by atoms with Gasteiger partial charge in [-0.25, -0.2) is 0 Å². The second kappa shape index (κ2) is 6.72. The van der Waals surface area contributed by atoms with Gasteiger partial charge in [-0.3, -0.25) is 0 Å². The molecule has 0 amide bonds. The van der Waals surface area contributed by atoms with Crippen LogP contribution in [0.5, 0.6) is 0 Å². The van der Waals surface area contributed by atoms with Crippen LogP contribution in [0.2, 0.25) is 0 Å². The molecule has 1 aliphatic carbocycles. The molecule has 0 aromatic rings. The summed E-state index contributed by atoms with van der Waals surface area (Å²) >= 11 is 2.17. The van der Waals surface area contributed by atoms with E-state index in [1.54, 1.807) is 0 Å². The normalized spacial score (nSPS) is 29.1. The van der Waals surface area contributed by atoms with Gasteiger partial charge in [0.05, 0.1) is 0 Å². The molecular weight excluding hydrogens is 178 g/mol. The van der Waals surface area contributed by atoms with Crippen LogP contribution >= 0.6 is 11.8 Å². The van der Waals surface area contributed by atoms with E-state index in [-0.39, 0.29) is 0 Å². The molecule has 2 heteroatoms. The SMILES string of the molecule is CCC1CCCCC1SCCCN. The van der Waals surface area contributed by atoms with Gasteiger partial charge in [-0.2, -0.15) is 11.8 Å². The lowest BCUT2D eigenvalue weighted by Crippen LogP contribution is -2.21.